The van der Waals surface area contributed by atoms with Crippen LogP contribution in [0.4, 0.5) is 0 Å². The minimum absolute atomic E-state index is 0.0536. The molecule has 0 amide bonds. The van der Waals surface area contributed by atoms with Gasteiger partial charge in [-0.25, -0.2) is 5.11 Å². The van der Waals surface area contributed by atoms with E-state index in [9.17, 15) is 5.11 Å². The molecule has 1 radical (unpaired) electrons. The third-order valence-corrected chi connectivity index (χ3v) is 1.83. The van der Waals surface area contributed by atoms with Gasteiger partial charge in [-0.05, 0) is 47.1 Å². The highest BCUT2D eigenvalue weighted by Gasteiger charge is 1.97. The van der Waals surface area contributed by atoms with Crippen molar-refractivity contribution < 1.29 is 5.11 Å². The Hall–Kier alpha value is -0.120. The van der Waals surface area contributed by atoms with Gasteiger partial charge in [-0.2, -0.15) is 0 Å². The molecule has 0 aromatic heterocycles. The van der Waals surface area contributed by atoms with Crippen LogP contribution in [0.3, 0.4) is 0 Å². The van der Waals surface area contributed by atoms with E-state index in [0.717, 1.165) is 26.1 Å². The van der Waals surface area contributed by atoms with E-state index in [4.69, 9.17) is 0 Å². The van der Waals surface area contributed by atoms with Gasteiger partial charge in [-0.1, -0.05) is 0 Å². The largest absolute Gasteiger partial charge is 0.309 e. The summed E-state index contributed by atoms with van der Waals surface area (Å²) in [6, 6.07) is 0. The van der Waals surface area contributed by atoms with E-state index in [1.807, 2.05) is 0 Å². The molecule has 0 bridgehead atoms. The quantitative estimate of drug-likeness (QED) is 0.566. The van der Waals surface area contributed by atoms with Crippen molar-refractivity contribution in [3.05, 3.63) is 0 Å². The first-order valence-electron chi connectivity index (χ1n) is 4.58. The second kappa shape index (κ2) is 7.53. The molecule has 0 saturated heterocycles. The van der Waals surface area contributed by atoms with Crippen molar-refractivity contribution in [2.24, 2.45) is 0 Å². The van der Waals surface area contributed by atoms with E-state index >= 15 is 0 Å². The van der Waals surface area contributed by atoms with Crippen LogP contribution >= 0.6 is 0 Å². The normalized spacial score (nSPS) is 11.5. The number of hydrogen-bond acceptors (Lipinski definition) is 2. The van der Waals surface area contributed by atoms with Crippen molar-refractivity contribution >= 4 is 0 Å². The van der Waals surface area contributed by atoms with Crippen molar-refractivity contribution in [2.75, 3.05) is 47.4 Å². The predicted molar refractivity (Wildman–Crippen MR) is 50.8 cm³/mol. The standard InChI is InChI=1S/C9H21N2O/c1-10(2)6-4-7-11(3)8-5-9-12/h4-9H2,1-3H3. The van der Waals surface area contributed by atoms with Crippen LogP contribution in [0.2, 0.25) is 0 Å². The number of nitrogens with zero attached hydrogens (tertiary/aromatic N) is 2. The molecule has 0 unspecified atom stereocenters. The number of hydrogen-bond donors (Lipinski definition) is 0. The van der Waals surface area contributed by atoms with Crippen molar-refractivity contribution in [1.82, 2.24) is 9.80 Å². The van der Waals surface area contributed by atoms with Gasteiger partial charge in [0, 0.05) is 6.54 Å². The van der Waals surface area contributed by atoms with Crippen molar-refractivity contribution in [1.29, 1.82) is 0 Å². The third-order valence-electron chi connectivity index (χ3n) is 1.83. The molecule has 0 atom stereocenters. The zero-order valence-electron chi connectivity index (χ0n) is 8.55. The van der Waals surface area contributed by atoms with Crippen LogP contribution in [-0.4, -0.2) is 57.2 Å². The van der Waals surface area contributed by atoms with E-state index in [1.54, 1.807) is 0 Å². The number of rotatable bonds is 7. The maximum Gasteiger partial charge on any atom is 0.0834 e. The molecule has 0 aromatic carbocycles. The van der Waals surface area contributed by atoms with Crippen molar-refractivity contribution in [3.63, 3.8) is 0 Å². The van der Waals surface area contributed by atoms with Crippen LogP contribution in [0.5, 0.6) is 0 Å². The van der Waals surface area contributed by atoms with Gasteiger partial charge >= 0.3 is 0 Å². The van der Waals surface area contributed by atoms with Crippen LogP contribution in [0, 0.1) is 0 Å². The summed E-state index contributed by atoms with van der Waals surface area (Å²) in [6.07, 6.45) is 1.96. The van der Waals surface area contributed by atoms with E-state index in [2.05, 4.69) is 30.9 Å². The van der Waals surface area contributed by atoms with Gasteiger partial charge in [0.25, 0.3) is 0 Å². The second-order valence-corrected chi connectivity index (χ2v) is 3.52. The summed E-state index contributed by atoms with van der Waals surface area (Å²) in [5.74, 6) is 0. The molecule has 0 spiro atoms. The van der Waals surface area contributed by atoms with E-state index in [-0.39, 0.29) is 6.61 Å². The highest BCUT2D eigenvalue weighted by atomic mass is 16.3. The molecule has 0 fully saturated rings. The van der Waals surface area contributed by atoms with Crippen molar-refractivity contribution in [3.8, 4) is 0 Å². The van der Waals surface area contributed by atoms with E-state index in [1.165, 1.54) is 6.42 Å². The lowest BCUT2D eigenvalue weighted by molar-refractivity contribution is 0.171. The minimum atomic E-state index is 0.0536. The molecule has 0 aliphatic heterocycles. The first kappa shape index (κ1) is 11.9. The fraction of sp³-hybridized carbons (Fsp3) is 1.00. The highest BCUT2D eigenvalue weighted by Crippen LogP contribution is 1.90. The highest BCUT2D eigenvalue weighted by molar-refractivity contribution is 4.53. The van der Waals surface area contributed by atoms with Gasteiger partial charge in [0.05, 0.1) is 6.61 Å². The lowest BCUT2D eigenvalue weighted by Gasteiger charge is -2.17. The zero-order valence-corrected chi connectivity index (χ0v) is 8.55. The predicted octanol–water partition coefficient (Wildman–Crippen LogP) is 0.690. The van der Waals surface area contributed by atoms with Crippen LogP contribution in [-0.2, 0) is 5.11 Å². The summed E-state index contributed by atoms with van der Waals surface area (Å²) in [6.45, 7) is 3.22. The first-order valence-corrected chi connectivity index (χ1v) is 4.58. The van der Waals surface area contributed by atoms with Crippen LogP contribution in [0.25, 0.3) is 0 Å². The molecule has 12 heavy (non-hydrogen) atoms. The minimum Gasteiger partial charge on any atom is -0.309 e. The first-order chi connectivity index (χ1) is 5.66. The summed E-state index contributed by atoms with van der Waals surface area (Å²) in [5.41, 5.74) is 0. The summed E-state index contributed by atoms with van der Waals surface area (Å²) < 4.78 is 0. The molecular formula is C9H21N2O. The Balaban J connectivity index is 3.13. The molecule has 0 aliphatic rings. The maximum atomic E-state index is 10.2. The Labute approximate surface area is 76.0 Å². The van der Waals surface area contributed by atoms with Gasteiger partial charge in [-0.15, -0.1) is 0 Å². The van der Waals surface area contributed by atoms with E-state index < -0.39 is 0 Å². The smallest absolute Gasteiger partial charge is 0.0834 e. The van der Waals surface area contributed by atoms with Crippen LogP contribution in [0.15, 0.2) is 0 Å². The summed E-state index contributed by atoms with van der Waals surface area (Å²) in [4.78, 5) is 4.41. The Morgan fingerprint density at radius 3 is 2.00 bits per heavy atom. The third kappa shape index (κ3) is 7.98. The van der Waals surface area contributed by atoms with Crippen molar-refractivity contribution in [2.45, 2.75) is 12.8 Å². The van der Waals surface area contributed by atoms with Gasteiger partial charge in [0.1, 0.15) is 0 Å². The maximum absolute atomic E-state index is 10.2. The Morgan fingerprint density at radius 2 is 1.50 bits per heavy atom. The summed E-state index contributed by atoms with van der Waals surface area (Å²) >= 11 is 0. The molecule has 0 rings (SSSR count). The molecule has 0 saturated carbocycles. The van der Waals surface area contributed by atoms with Gasteiger partial charge in [0.2, 0.25) is 0 Å². The Bertz CT molecular complexity index is 96.5. The molecular weight excluding hydrogens is 152 g/mol. The lowest BCUT2D eigenvalue weighted by atomic mass is 10.3. The second-order valence-electron chi connectivity index (χ2n) is 3.52. The molecule has 3 heteroatoms. The molecule has 0 heterocycles. The van der Waals surface area contributed by atoms with Gasteiger partial charge in [0.15, 0.2) is 0 Å². The van der Waals surface area contributed by atoms with Crippen LogP contribution in [0.1, 0.15) is 12.8 Å². The van der Waals surface area contributed by atoms with E-state index in [0.29, 0.717) is 0 Å². The summed E-state index contributed by atoms with van der Waals surface area (Å²) in [5, 5.41) is 10.2. The van der Waals surface area contributed by atoms with Crippen LogP contribution < -0.4 is 0 Å². The Kier molecular flexibility index (Phi) is 7.45. The molecule has 73 valence electrons. The molecule has 0 aliphatic carbocycles. The molecule has 3 nitrogen and oxygen atoms in total. The average molecular weight is 173 g/mol. The molecule has 0 aromatic rings. The van der Waals surface area contributed by atoms with Gasteiger partial charge < -0.3 is 9.80 Å². The lowest BCUT2D eigenvalue weighted by Crippen LogP contribution is -2.25. The Morgan fingerprint density at radius 1 is 0.917 bits per heavy atom. The topological polar surface area (TPSA) is 26.4 Å². The fourth-order valence-corrected chi connectivity index (χ4v) is 1.10. The average Bonchev–Trinajstić information content (AvgIpc) is 2.00. The summed E-state index contributed by atoms with van der Waals surface area (Å²) in [7, 11) is 6.24. The fourth-order valence-electron chi connectivity index (χ4n) is 1.10. The zero-order chi connectivity index (χ0) is 9.40. The van der Waals surface area contributed by atoms with Gasteiger partial charge in [-0.3, -0.25) is 0 Å². The molecule has 0 N–H and O–H groups in total. The SMILES string of the molecule is CN(C)CCCN(C)CCC[O]. The monoisotopic (exact) mass is 173 g/mol.